The van der Waals surface area contributed by atoms with Crippen molar-refractivity contribution in [1.82, 2.24) is 10.8 Å². The quantitative estimate of drug-likeness (QED) is 0.369. The van der Waals surface area contributed by atoms with Gasteiger partial charge in [-0.1, -0.05) is 56.4 Å². The molecule has 0 radical (unpaired) electrons. The van der Waals surface area contributed by atoms with Crippen molar-refractivity contribution in [1.29, 1.82) is 0 Å². The predicted molar refractivity (Wildman–Crippen MR) is 111 cm³/mol. The second-order valence-corrected chi connectivity index (χ2v) is 6.79. The van der Waals surface area contributed by atoms with Gasteiger partial charge in [0.15, 0.2) is 0 Å². The third kappa shape index (κ3) is 6.84. The van der Waals surface area contributed by atoms with Crippen LogP contribution in [0.3, 0.4) is 0 Å². The van der Waals surface area contributed by atoms with E-state index in [2.05, 4.69) is 5.32 Å². The summed E-state index contributed by atoms with van der Waals surface area (Å²) in [6.07, 6.45) is 3.31. The summed E-state index contributed by atoms with van der Waals surface area (Å²) in [6, 6.07) is 16.6. The topological polar surface area (TPSA) is 70.6 Å². The van der Waals surface area contributed by atoms with Crippen LogP contribution >= 0.6 is 12.2 Å². The highest BCUT2D eigenvalue weighted by Gasteiger charge is 2.16. The van der Waals surface area contributed by atoms with Gasteiger partial charge in [0.1, 0.15) is 17.3 Å². The smallest absolute Gasteiger partial charge is 0.244 e. The van der Waals surface area contributed by atoms with E-state index in [1.807, 2.05) is 49.7 Å². The van der Waals surface area contributed by atoms with Gasteiger partial charge in [-0.2, -0.15) is 0 Å². The molecule has 0 aliphatic rings. The molecular weight excluding hydrogens is 360 g/mol. The van der Waals surface area contributed by atoms with Crippen molar-refractivity contribution in [3.8, 4) is 5.75 Å². The lowest BCUT2D eigenvalue weighted by atomic mass is 10.1. The Kier molecular flexibility index (Phi) is 7.98. The number of hydroxylamine groups is 1. The monoisotopic (exact) mass is 384 g/mol. The summed E-state index contributed by atoms with van der Waals surface area (Å²) >= 11 is 4.96. The zero-order valence-electron chi connectivity index (χ0n) is 15.4. The first-order chi connectivity index (χ1) is 13.0. The molecule has 2 aromatic rings. The Bertz CT molecular complexity index is 774. The predicted octanol–water partition coefficient (Wildman–Crippen LogP) is 3.57. The molecule has 1 amide bonds. The van der Waals surface area contributed by atoms with E-state index in [1.165, 1.54) is 6.08 Å². The van der Waals surface area contributed by atoms with Gasteiger partial charge in [0.2, 0.25) is 5.91 Å². The van der Waals surface area contributed by atoms with Gasteiger partial charge in [-0.05, 0) is 41.8 Å². The van der Waals surface area contributed by atoms with E-state index in [0.717, 1.165) is 5.56 Å². The lowest BCUT2D eigenvalue weighted by molar-refractivity contribution is -0.117. The largest absolute Gasteiger partial charge is 0.491 e. The van der Waals surface area contributed by atoms with E-state index in [9.17, 15) is 4.79 Å². The van der Waals surface area contributed by atoms with Crippen LogP contribution in [0.15, 0.2) is 60.7 Å². The number of benzene rings is 2. The second kappa shape index (κ2) is 10.4. The van der Waals surface area contributed by atoms with Crippen LogP contribution in [0, 0.1) is 5.92 Å². The fourth-order valence-corrected chi connectivity index (χ4v) is 2.46. The van der Waals surface area contributed by atoms with Gasteiger partial charge >= 0.3 is 0 Å². The standard InChI is InChI=1S/C21H24N2O3S/c1-15(2)19(22-20(24)13-8-16-6-4-3-5-7-16)14-26-18-11-9-17(10-12-18)21(27)23-25/h3-13,15,19,25H,14H2,1-2H3,(H,22,24)(H,23,27)/t19-/m0/s1. The number of rotatable bonds is 8. The molecule has 1 atom stereocenters. The molecule has 142 valence electrons. The number of nitrogens with one attached hydrogen (secondary N) is 2. The van der Waals surface area contributed by atoms with Crippen molar-refractivity contribution in [2.75, 3.05) is 6.61 Å². The summed E-state index contributed by atoms with van der Waals surface area (Å²) in [5, 5.41) is 11.8. The number of hydrogen-bond donors (Lipinski definition) is 3. The molecule has 0 spiro atoms. The molecule has 0 saturated heterocycles. The zero-order chi connectivity index (χ0) is 19.6. The normalized spacial score (nSPS) is 12.0. The molecule has 6 heteroatoms. The van der Waals surface area contributed by atoms with Crippen LogP contribution in [0.2, 0.25) is 0 Å². The van der Waals surface area contributed by atoms with Gasteiger partial charge < -0.3 is 10.1 Å². The van der Waals surface area contributed by atoms with E-state index >= 15 is 0 Å². The van der Waals surface area contributed by atoms with Crippen molar-refractivity contribution in [3.05, 3.63) is 71.8 Å². The molecule has 0 fully saturated rings. The molecule has 0 bridgehead atoms. The fraction of sp³-hybridized carbons (Fsp3) is 0.238. The summed E-state index contributed by atoms with van der Waals surface area (Å²) in [5.41, 5.74) is 3.61. The number of carbonyl (C=O) groups is 1. The van der Waals surface area contributed by atoms with Crippen molar-refractivity contribution in [2.45, 2.75) is 19.9 Å². The molecule has 0 aromatic heterocycles. The summed E-state index contributed by atoms with van der Waals surface area (Å²) in [4.78, 5) is 12.4. The van der Waals surface area contributed by atoms with Gasteiger partial charge in [0.05, 0.1) is 6.04 Å². The summed E-state index contributed by atoms with van der Waals surface area (Å²) in [5.74, 6) is 0.722. The minimum Gasteiger partial charge on any atom is -0.491 e. The molecule has 0 aliphatic carbocycles. The molecule has 5 nitrogen and oxygen atoms in total. The van der Waals surface area contributed by atoms with Crippen LogP contribution < -0.4 is 15.5 Å². The minimum absolute atomic E-state index is 0.127. The maximum atomic E-state index is 12.2. The van der Waals surface area contributed by atoms with E-state index in [4.69, 9.17) is 22.2 Å². The molecular formula is C21H24N2O3S. The van der Waals surface area contributed by atoms with Gasteiger partial charge in [-0.25, -0.2) is 0 Å². The van der Waals surface area contributed by atoms with Gasteiger partial charge in [-0.15, -0.1) is 0 Å². The van der Waals surface area contributed by atoms with Gasteiger partial charge in [0, 0.05) is 11.6 Å². The molecule has 0 saturated carbocycles. The Morgan fingerprint density at radius 2 is 1.81 bits per heavy atom. The van der Waals surface area contributed by atoms with Crippen LogP contribution in [0.5, 0.6) is 5.75 Å². The maximum absolute atomic E-state index is 12.2. The summed E-state index contributed by atoms with van der Waals surface area (Å²) < 4.78 is 5.80. The van der Waals surface area contributed by atoms with E-state index in [1.54, 1.807) is 30.3 Å². The SMILES string of the molecule is CC(C)[C@H](COc1ccc(C(=S)NO)cc1)NC(=O)C=Cc1ccccc1. The maximum Gasteiger partial charge on any atom is 0.244 e. The molecule has 2 aromatic carbocycles. The highest BCUT2D eigenvalue weighted by atomic mass is 32.1. The lowest BCUT2D eigenvalue weighted by Gasteiger charge is -2.22. The van der Waals surface area contributed by atoms with Gasteiger partial charge in [0.25, 0.3) is 0 Å². The number of carbonyl (C=O) groups excluding carboxylic acids is 1. The van der Waals surface area contributed by atoms with Gasteiger partial charge in [-0.3, -0.25) is 15.5 Å². The van der Waals surface area contributed by atoms with E-state index < -0.39 is 0 Å². The van der Waals surface area contributed by atoms with Crippen LogP contribution in [-0.2, 0) is 4.79 Å². The Hall–Kier alpha value is -2.70. The number of thiocarbonyl (C=S) groups is 1. The minimum atomic E-state index is -0.157. The average molecular weight is 385 g/mol. The number of ether oxygens (including phenoxy) is 1. The lowest BCUT2D eigenvalue weighted by Crippen LogP contribution is -2.42. The molecule has 2 rings (SSSR count). The first-order valence-electron chi connectivity index (χ1n) is 8.70. The van der Waals surface area contributed by atoms with Crippen LogP contribution in [0.1, 0.15) is 25.0 Å². The molecule has 3 N–H and O–H groups in total. The van der Waals surface area contributed by atoms with Crippen molar-refractivity contribution >= 4 is 29.2 Å². The van der Waals surface area contributed by atoms with Crippen molar-refractivity contribution in [2.24, 2.45) is 5.92 Å². The third-order valence-corrected chi connectivity index (χ3v) is 4.33. The van der Waals surface area contributed by atoms with Crippen LogP contribution in [0.4, 0.5) is 0 Å². The Morgan fingerprint density at radius 1 is 1.15 bits per heavy atom. The van der Waals surface area contributed by atoms with E-state index in [0.29, 0.717) is 17.9 Å². The zero-order valence-corrected chi connectivity index (χ0v) is 16.2. The number of amides is 1. The molecule has 0 unspecified atom stereocenters. The Labute approximate surface area is 165 Å². The van der Waals surface area contributed by atoms with Crippen molar-refractivity contribution < 1.29 is 14.7 Å². The van der Waals surface area contributed by atoms with Crippen LogP contribution in [-0.4, -0.2) is 28.8 Å². The fourth-order valence-electron chi connectivity index (χ4n) is 2.32. The van der Waals surface area contributed by atoms with E-state index in [-0.39, 0.29) is 22.9 Å². The Balaban J connectivity index is 1.90. The first-order valence-corrected chi connectivity index (χ1v) is 9.11. The highest BCUT2D eigenvalue weighted by Crippen LogP contribution is 2.14. The molecule has 27 heavy (non-hydrogen) atoms. The van der Waals surface area contributed by atoms with Crippen molar-refractivity contribution in [3.63, 3.8) is 0 Å². The number of hydrogen-bond acceptors (Lipinski definition) is 4. The average Bonchev–Trinajstić information content (AvgIpc) is 2.70. The second-order valence-electron chi connectivity index (χ2n) is 6.38. The highest BCUT2D eigenvalue weighted by molar-refractivity contribution is 7.80. The third-order valence-electron chi connectivity index (χ3n) is 4.01. The van der Waals surface area contributed by atoms with Crippen LogP contribution in [0.25, 0.3) is 6.08 Å². The molecule has 0 heterocycles. The molecule has 0 aliphatic heterocycles. The Morgan fingerprint density at radius 3 is 2.41 bits per heavy atom. The summed E-state index contributed by atoms with van der Waals surface area (Å²) in [6.45, 7) is 4.41. The summed E-state index contributed by atoms with van der Waals surface area (Å²) in [7, 11) is 0. The first kappa shape index (κ1) is 20.6.